The minimum atomic E-state index is -3.99. The molecule has 1 aromatic rings. The highest BCUT2D eigenvalue weighted by molar-refractivity contribution is 7.89. The van der Waals surface area contributed by atoms with Crippen LogP contribution in [0.25, 0.3) is 0 Å². The van der Waals surface area contributed by atoms with E-state index in [0.29, 0.717) is 0 Å². The van der Waals surface area contributed by atoms with Crippen LogP contribution in [0.4, 0.5) is 4.39 Å². The van der Waals surface area contributed by atoms with Crippen LogP contribution in [-0.2, 0) is 10.0 Å². The predicted molar refractivity (Wildman–Crippen MR) is 49.7 cm³/mol. The molecule has 0 saturated carbocycles. The third kappa shape index (κ3) is 2.31. The van der Waals surface area contributed by atoms with Gasteiger partial charge in [0, 0.05) is 6.07 Å². The van der Waals surface area contributed by atoms with Crippen molar-refractivity contribution in [3.05, 3.63) is 23.5 Å². The van der Waals surface area contributed by atoms with Crippen LogP contribution in [0, 0.1) is 5.82 Å². The lowest BCUT2D eigenvalue weighted by Gasteiger charge is -2.06. The number of sulfonamides is 1. The molecule has 5 nitrogen and oxygen atoms in total. The lowest BCUT2D eigenvalue weighted by atomic mass is 10.2. The summed E-state index contributed by atoms with van der Waals surface area (Å²) in [5.74, 6) is -1.26. The van der Waals surface area contributed by atoms with Crippen LogP contribution in [0.15, 0.2) is 17.0 Å². The van der Waals surface area contributed by atoms with Crippen LogP contribution in [-0.4, -0.2) is 21.8 Å². The molecule has 0 amide bonds. The maximum Gasteiger partial charge on any atom is 0.238 e. The summed E-state index contributed by atoms with van der Waals surface area (Å²) in [6.07, 6.45) is 0.187. The molecule has 0 spiro atoms. The molecule has 15 heavy (non-hydrogen) atoms. The van der Waals surface area contributed by atoms with E-state index in [1.54, 1.807) is 0 Å². The van der Waals surface area contributed by atoms with Gasteiger partial charge in [-0.25, -0.2) is 17.9 Å². The number of halogens is 1. The number of hydrogen-bond acceptors (Lipinski definition) is 4. The summed E-state index contributed by atoms with van der Waals surface area (Å²) in [5, 5.41) is 4.83. The Morgan fingerprint density at radius 2 is 2.07 bits per heavy atom. The first kappa shape index (κ1) is 11.6. The topological polar surface area (TPSA) is 86.5 Å². The SMILES string of the molecule is COc1cc(S(N)(=O)=O)cc(C=O)c1F. The number of carbonyl (C=O) groups is 1. The summed E-state index contributed by atoms with van der Waals surface area (Å²) in [6, 6.07) is 1.76. The highest BCUT2D eigenvalue weighted by atomic mass is 32.2. The molecular weight excluding hydrogens is 225 g/mol. The third-order valence-electron chi connectivity index (χ3n) is 1.72. The Balaban J connectivity index is 3.54. The summed E-state index contributed by atoms with van der Waals surface area (Å²) >= 11 is 0. The lowest BCUT2D eigenvalue weighted by molar-refractivity contribution is 0.111. The van der Waals surface area contributed by atoms with Gasteiger partial charge < -0.3 is 4.74 Å². The van der Waals surface area contributed by atoms with Crippen LogP contribution >= 0.6 is 0 Å². The zero-order chi connectivity index (χ0) is 11.6. The van der Waals surface area contributed by atoms with Gasteiger partial charge in [-0.1, -0.05) is 0 Å². The fraction of sp³-hybridized carbons (Fsp3) is 0.125. The molecule has 0 radical (unpaired) electrons. The van der Waals surface area contributed by atoms with Crippen LogP contribution in [0.5, 0.6) is 5.75 Å². The molecule has 0 aliphatic heterocycles. The van der Waals surface area contributed by atoms with E-state index < -0.39 is 21.4 Å². The Morgan fingerprint density at radius 1 is 1.47 bits per heavy atom. The van der Waals surface area contributed by atoms with Gasteiger partial charge in [-0.15, -0.1) is 0 Å². The maximum atomic E-state index is 13.2. The average Bonchev–Trinajstić information content (AvgIpc) is 2.16. The highest BCUT2D eigenvalue weighted by Gasteiger charge is 2.16. The Labute approximate surface area is 85.7 Å². The minimum absolute atomic E-state index is 0.187. The molecule has 0 unspecified atom stereocenters. The molecule has 0 saturated heterocycles. The van der Waals surface area contributed by atoms with E-state index in [-0.39, 0.29) is 16.9 Å². The summed E-state index contributed by atoms with van der Waals surface area (Å²) in [5.41, 5.74) is -0.418. The zero-order valence-corrected chi connectivity index (χ0v) is 8.55. The smallest absolute Gasteiger partial charge is 0.238 e. The fourth-order valence-electron chi connectivity index (χ4n) is 0.992. The molecule has 0 fully saturated rings. The molecule has 0 aliphatic carbocycles. The summed E-state index contributed by atoms with van der Waals surface area (Å²) < 4.78 is 39.7. The van der Waals surface area contributed by atoms with E-state index in [0.717, 1.165) is 19.2 Å². The number of primary sulfonamides is 1. The Bertz CT molecular complexity index is 498. The first-order valence-electron chi connectivity index (χ1n) is 3.75. The van der Waals surface area contributed by atoms with Crippen molar-refractivity contribution < 1.29 is 22.3 Å². The Kier molecular flexibility index (Phi) is 3.06. The molecule has 1 aromatic carbocycles. The van der Waals surface area contributed by atoms with E-state index in [2.05, 4.69) is 4.74 Å². The number of rotatable bonds is 3. The van der Waals surface area contributed by atoms with Gasteiger partial charge in [0.15, 0.2) is 17.9 Å². The van der Waals surface area contributed by atoms with Crippen molar-refractivity contribution in [1.82, 2.24) is 0 Å². The van der Waals surface area contributed by atoms with Gasteiger partial charge in [-0.05, 0) is 6.07 Å². The van der Waals surface area contributed by atoms with Crippen molar-refractivity contribution in [3.8, 4) is 5.75 Å². The van der Waals surface area contributed by atoms with Gasteiger partial charge >= 0.3 is 0 Å². The van der Waals surface area contributed by atoms with Crippen LogP contribution in [0.1, 0.15) is 10.4 Å². The molecule has 0 aliphatic rings. The van der Waals surface area contributed by atoms with Crippen LogP contribution in [0.2, 0.25) is 0 Å². The van der Waals surface area contributed by atoms with E-state index in [1.165, 1.54) is 0 Å². The average molecular weight is 233 g/mol. The molecule has 0 aromatic heterocycles. The number of aldehydes is 1. The molecule has 82 valence electrons. The maximum absolute atomic E-state index is 13.2. The summed E-state index contributed by atoms with van der Waals surface area (Å²) in [7, 11) is -2.84. The monoisotopic (exact) mass is 233 g/mol. The second-order valence-corrected chi connectivity index (χ2v) is 4.25. The first-order chi connectivity index (χ1) is 6.90. The number of carbonyl (C=O) groups excluding carboxylic acids is 1. The molecule has 2 N–H and O–H groups in total. The van der Waals surface area contributed by atoms with Crippen molar-refractivity contribution >= 4 is 16.3 Å². The molecule has 0 bridgehead atoms. The molecular formula is C8H8FNO4S. The first-order valence-corrected chi connectivity index (χ1v) is 5.30. The number of methoxy groups -OCH3 is 1. The van der Waals surface area contributed by atoms with Gasteiger partial charge in [-0.2, -0.15) is 0 Å². The summed E-state index contributed by atoms with van der Waals surface area (Å²) in [6.45, 7) is 0. The highest BCUT2D eigenvalue weighted by Crippen LogP contribution is 2.23. The Morgan fingerprint density at radius 3 is 2.47 bits per heavy atom. The van der Waals surface area contributed by atoms with E-state index in [9.17, 15) is 17.6 Å². The number of ether oxygens (including phenoxy) is 1. The zero-order valence-electron chi connectivity index (χ0n) is 7.73. The van der Waals surface area contributed by atoms with Gasteiger partial charge in [0.1, 0.15) is 0 Å². The van der Waals surface area contributed by atoms with Crippen molar-refractivity contribution in [3.63, 3.8) is 0 Å². The molecule has 1 rings (SSSR count). The van der Waals surface area contributed by atoms with Crippen LogP contribution in [0.3, 0.4) is 0 Å². The van der Waals surface area contributed by atoms with Crippen molar-refractivity contribution in [2.45, 2.75) is 4.90 Å². The lowest BCUT2D eigenvalue weighted by Crippen LogP contribution is -2.13. The van der Waals surface area contributed by atoms with Crippen LogP contribution < -0.4 is 9.88 Å². The second-order valence-electron chi connectivity index (χ2n) is 2.69. The van der Waals surface area contributed by atoms with Crippen molar-refractivity contribution in [1.29, 1.82) is 0 Å². The van der Waals surface area contributed by atoms with E-state index in [4.69, 9.17) is 5.14 Å². The van der Waals surface area contributed by atoms with Crippen molar-refractivity contribution in [2.75, 3.05) is 7.11 Å². The quantitative estimate of drug-likeness (QED) is 0.760. The third-order valence-corrected chi connectivity index (χ3v) is 2.61. The Hall–Kier alpha value is -1.47. The number of hydrogen-bond donors (Lipinski definition) is 1. The fourth-order valence-corrected chi connectivity index (χ4v) is 1.55. The molecule has 7 heteroatoms. The second kappa shape index (κ2) is 3.95. The van der Waals surface area contributed by atoms with E-state index in [1.807, 2.05) is 0 Å². The predicted octanol–water partition coefficient (Wildman–Crippen LogP) is 0.294. The largest absolute Gasteiger partial charge is 0.494 e. The van der Waals surface area contributed by atoms with E-state index >= 15 is 0 Å². The standard InChI is InChI=1S/C8H8FNO4S/c1-14-7-3-6(15(10,12)13)2-5(4-11)8(7)9/h2-4H,1H3,(H2,10,12,13). The molecule has 0 atom stereocenters. The van der Waals surface area contributed by atoms with Gasteiger partial charge in [-0.3, -0.25) is 4.79 Å². The number of nitrogens with two attached hydrogens (primary N) is 1. The normalized spacial score (nSPS) is 11.1. The van der Waals surface area contributed by atoms with Gasteiger partial charge in [0.25, 0.3) is 0 Å². The van der Waals surface area contributed by atoms with Gasteiger partial charge in [0.05, 0.1) is 17.6 Å². The summed E-state index contributed by atoms with van der Waals surface area (Å²) in [4.78, 5) is 10.1. The van der Waals surface area contributed by atoms with Gasteiger partial charge in [0.2, 0.25) is 10.0 Å². The van der Waals surface area contributed by atoms with Crippen molar-refractivity contribution in [2.24, 2.45) is 5.14 Å². The minimum Gasteiger partial charge on any atom is -0.494 e. The molecule has 0 heterocycles. The number of benzene rings is 1.